The number of thiophene rings is 1. The number of nitrogens with zero attached hydrogens (tertiary/aromatic N) is 1. The number of carbonyl (C=O) groups excluding carboxylic acids is 1. The summed E-state index contributed by atoms with van der Waals surface area (Å²) < 4.78 is 23.2. The Labute approximate surface area is 123 Å². The van der Waals surface area contributed by atoms with E-state index in [9.17, 15) is 13.2 Å². The van der Waals surface area contributed by atoms with Gasteiger partial charge < -0.3 is 4.90 Å². The standard InChI is InChI=1S/C14H17NO3S2/c1-3-7-15(12-6-9-20(17,18)10-12)14(16)13-11(4-2)5-8-19-13/h1,5,8,12H,4,6-7,9-10H2,2H3/t12-/m0/s1. The minimum absolute atomic E-state index is 0.0211. The van der Waals surface area contributed by atoms with Crippen LogP contribution in [0.4, 0.5) is 0 Å². The molecule has 0 unspecified atom stereocenters. The third kappa shape index (κ3) is 3.05. The molecule has 6 heteroatoms. The summed E-state index contributed by atoms with van der Waals surface area (Å²) in [6.45, 7) is 2.14. The molecule has 0 radical (unpaired) electrons. The van der Waals surface area contributed by atoms with E-state index in [1.54, 1.807) is 0 Å². The lowest BCUT2D eigenvalue weighted by molar-refractivity contribution is 0.0728. The normalized spacial score (nSPS) is 20.5. The van der Waals surface area contributed by atoms with Crippen molar-refractivity contribution in [3.63, 3.8) is 0 Å². The molecule has 2 rings (SSSR count). The Morgan fingerprint density at radius 3 is 2.90 bits per heavy atom. The highest BCUT2D eigenvalue weighted by molar-refractivity contribution is 7.91. The summed E-state index contributed by atoms with van der Waals surface area (Å²) >= 11 is 1.39. The molecule has 1 saturated heterocycles. The van der Waals surface area contributed by atoms with Crippen molar-refractivity contribution in [2.24, 2.45) is 0 Å². The topological polar surface area (TPSA) is 54.5 Å². The van der Waals surface area contributed by atoms with Gasteiger partial charge in [-0.15, -0.1) is 17.8 Å². The van der Waals surface area contributed by atoms with E-state index in [-0.39, 0.29) is 30.0 Å². The van der Waals surface area contributed by atoms with Gasteiger partial charge in [-0.1, -0.05) is 12.8 Å². The summed E-state index contributed by atoms with van der Waals surface area (Å²) in [5, 5.41) is 1.88. The lowest BCUT2D eigenvalue weighted by Gasteiger charge is -2.26. The van der Waals surface area contributed by atoms with E-state index in [1.165, 1.54) is 16.2 Å². The molecule has 0 saturated carbocycles. The highest BCUT2D eigenvalue weighted by Crippen LogP contribution is 2.24. The number of hydrogen-bond acceptors (Lipinski definition) is 4. The maximum Gasteiger partial charge on any atom is 0.265 e. The molecular weight excluding hydrogens is 294 g/mol. The molecule has 1 fully saturated rings. The third-order valence-electron chi connectivity index (χ3n) is 3.49. The molecule has 0 aliphatic carbocycles. The van der Waals surface area contributed by atoms with Crippen molar-refractivity contribution in [2.45, 2.75) is 25.8 Å². The summed E-state index contributed by atoms with van der Waals surface area (Å²) in [6.07, 6.45) is 6.59. The second-order valence-electron chi connectivity index (χ2n) is 4.82. The fourth-order valence-corrected chi connectivity index (χ4v) is 5.10. The molecule has 20 heavy (non-hydrogen) atoms. The first-order valence-electron chi connectivity index (χ1n) is 6.49. The van der Waals surface area contributed by atoms with Crippen molar-refractivity contribution in [3.05, 3.63) is 21.9 Å². The summed E-state index contributed by atoms with van der Waals surface area (Å²) in [6, 6.07) is 1.63. The van der Waals surface area contributed by atoms with Gasteiger partial charge in [-0.3, -0.25) is 4.79 Å². The Morgan fingerprint density at radius 2 is 2.35 bits per heavy atom. The molecule has 4 nitrogen and oxygen atoms in total. The van der Waals surface area contributed by atoms with Gasteiger partial charge in [-0.2, -0.15) is 0 Å². The summed E-state index contributed by atoms with van der Waals surface area (Å²) in [7, 11) is -3.04. The second kappa shape index (κ2) is 5.98. The fraction of sp³-hybridized carbons (Fsp3) is 0.500. The van der Waals surface area contributed by atoms with Gasteiger partial charge in [0.05, 0.1) is 22.9 Å². The van der Waals surface area contributed by atoms with Gasteiger partial charge in [0.15, 0.2) is 9.84 Å². The number of rotatable bonds is 4. The van der Waals surface area contributed by atoms with Gasteiger partial charge in [-0.05, 0) is 29.9 Å². The highest BCUT2D eigenvalue weighted by atomic mass is 32.2. The van der Waals surface area contributed by atoms with Crippen LogP contribution in [0.2, 0.25) is 0 Å². The Morgan fingerprint density at radius 1 is 1.60 bits per heavy atom. The molecule has 0 N–H and O–H groups in total. The molecule has 0 bridgehead atoms. The monoisotopic (exact) mass is 311 g/mol. The van der Waals surface area contributed by atoms with Crippen LogP contribution < -0.4 is 0 Å². The van der Waals surface area contributed by atoms with Gasteiger partial charge in [0, 0.05) is 6.04 Å². The predicted octanol–water partition coefficient (Wildman–Crippen LogP) is 1.57. The molecule has 2 heterocycles. The SMILES string of the molecule is C#CCN(C(=O)c1sccc1CC)[C@H]1CCS(=O)(=O)C1. The molecule has 108 valence electrons. The van der Waals surface area contributed by atoms with Crippen molar-refractivity contribution in [1.29, 1.82) is 0 Å². The van der Waals surface area contributed by atoms with Crippen LogP contribution in [0.25, 0.3) is 0 Å². The zero-order valence-electron chi connectivity index (χ0n) is 11.3. The molecule has 1 atom stereocenters. The highest BCUT2D eigenvalue weighted by Gasteiger charge is 2.35. The van der Waals surface area contributed by atoms with E-state index in [2.05, 4.69) is 5.92 Å². The number of hydrogen-bond donors (Lipinski definition) is 0. The molecular formula is C14H17NO3S2. The van der Waals surface area contributed by atoms with Crippen molar-refractivity contribution in [2.75, 3.05) is 18.1 Å². The van der Waals surface area contributed by atoms with E-state index in [4.69, 9.17) is 6.42 Å². The van der Waals surface area contributed by atoms with Gasteiger partial charge in [0.25, 0.3) is 5.91 Å². The third-order valence-corrected chi connectivity index (χ3v) is 6.19. The molecule has 1 aliphatic heterocycles. The van der Waals surface area contributed by atoms with Crippen LogP contribution in [0.15, 0.2) is 11.4 Å². The van der Waals surface area contributed by atoms with Crippen molar-refractivity contribution < 1.29 is 13.2 Å². The predicted molar refractivity (Wildman–Crippen MR) is 80.6 cm³/mol. The van der Waals surface area contributed by atoms with Crippen molar-refractivity contribution in [1.82, 2.24) is 4.90 Å². The van der Waals surface area contributed by atoms with Crippen molar-refractivity contribution in [3.8, 4) is 12.3 Å². The maximum absolute atomic E-state index is 12.6. The van der Waals surface area contributed by atoms with Gasteiger partial charge >= 0.3 is 0 Å². The maximum atomic E-state index is 12.6. The molecule has 1 aliphatic rings. The van der Waals surface area contributed by atoms with Crippen LogP contribution in [-0.2, 0) is 16.3 Å². The number of amides is 1. The first kappa shape index (κ1) is 15.1. The summed E-state index contributed by atoms with van der Waals surface area (Å²) in [5.74, 6) is 2.48. The van der Waals surface area contributed by atoms with Crippen LogP contribution in [0.5, 0.6) is 0 Å². The first-order valence-corrected chi connectivity index (χ1v) is 9.20. The minimum Gasteiger partial charge on any atom is -0.323 e. The van der Waals surface area contributed by atoms with Gasteiger partial charge in [0.2, 0.25) is 0 Å². The van der Waals surface area contributed by atoms with Crippen LogP contribution >= 0.6 is 11.3 Å². The van der Waals surface area contributed by atoms with E-state index in [0.717, 1.165) is 12.0 Å². The Bertz CT molecular complexity index is 640. The Balaban J connectivity index is 2.26. The minimum atomic E-state index is -3.04. The van der Waals surface area contributed by atoms with E-state index in [0.29, 0.717) is 11.3 Å². The average Bonchev–Trinajstić information content (AvgIpc) is 3.01. The second-order valence-corrected chi connectivity index (χ2v) is 7.97. The van der Waals surface area contributed by atoms with Crippen molar-refractivity contribution >= 4 is 27.1 Å². The van der Waals surface area contributed by atoms with Crippen LogP contribution in [0.3, 0.4) is 0 Å². The number of carbonyl (C=O) groups is 1. The van der Waals surface area contributed by atoms with Gasteiger partial charge in [-0.25, -0.2) is 8.42 Å². The van der Waals surface area contributed by atoms with E-state index >= 15 is 0 Å². The molecule has 1 amide bonds. The summed E-state index contributed by atoms with van der Waals surface area (Å²) in [4.78, 5) is 14.8. The van der Waals surface area contributed by atoms with E-state index < -0.39 is 9.84 Å². The Hall–Kier alpha value is -1.32. The van der Waals surface area contributed by atoms with Crippen LogP contribution in [-0.4, -0.2) is 43.3 Å². The summed E-state index contributed by atoms with van der Waals surface area (Å²) in [5.41, 5.74) is 0.989. The molecule has 0 spiro atoms. The fourth-order valence-electron chi connectivity index (χ4n) is 2.42. The number of sulfone groups is 1. The molecule has 0 aromatic carbocycles. The average molecular weight is 311 g/mol. The van der Waals surface area contributed by atoms with Gasteiger partial charge in [0.1, 0.15) is 0 Å². The lowest BCUT2D eigenvalue weighted by atomic mass is 10.1. The zero-order chi connectivity index (χ0) is 14.8. The number of aryl methyl sites for hydroxylation is 1. The molecule has 1 aromatic rings. The Kier molecular flexibility index (Phi) is 4.51. The quantitative estimate of drug-likeness (QED) is 0.793. The smallest absolute Gasteiger partial charge is 0.265 e. The lowest BCUT2D eigenvalue weighted by Crippen LogP contribution is -2.41. The van der Waals surface area contributed by atoms with E-state index in [1.807, 2.05) is 18.4 Å². The largest absolute Gasteiger partial charge is 0.323 e. The first-order chi connectivity index (χ1) is 9.48. The van der Waals surface area contributed by atoms with Crippen LogP contribution in [0, 0.1) is 12.3 Å². The zero-order valence-corrected chi connectivity index (χ0v) is 13.0. The number of terminal acetylenes is 1. The molecule has 1 aromatic heterocycles. The van der Waals surface area contributed by atoms with Crippen LogP contribution in [0.1, 0.15) is 28.6 Å².